The Morgan fingerprint density at radius 3 is 2.68 bits per heavy atom. The Hall–Kier alpha value is -2.47. The van der Waals surface area contributed by atoms with Crippen LogP contribution in [0.25, 0.3) is 0 Å². The third-order valence-electron chi connectivity index (χ3n) is 2.89. The van der Waals surface area contributed by atoms with Crippen molar-refractivity contribution in [3.8, 4) is 0 Å². The molecule has 0 unspecified atom stereocenters. The molecule has 0 atom stereocenters. The Labute approximate surface area is 132 Å². The first-order valence-electron chi connectivity index (χ1n) is 6.69. The van der Waals surface area contributed by atoms with Crippen LogP contribution in [0.4, 0.5) is 10.5 Å². The number of carbonyl (C=O) groups excluding carboxylic acids is 2. The van der Waals surface area contributed by atoms with E-state index >= 15 is 0 Å². The van der Waals surface area contributed by atoms with Crippen LogP contribution in [-0.4, -0.2) is 25.0 Å². The van der Waals surface area contributed by atoms with Crippen molar-refractivity contribution in [1.82, 2.24) is 10.6 Å². The highest BCUT2D eigenvalue weighted by molar-refractivity contribution is 6.31. The number of hydrogen-bond acceptors (Lipinski definition) is 3. The number of aryl methyl sites for hydroxylation is 1. The molecule has 7 heteroatoms. The van der Waals surface area contributed by atoms with Gasteiger partial charge in [0.2, 0.25) is 0 Å². The Balaban J connectivity index is 1.72. The van der Waals surface area contributed by atoms with Gasteiger partial charge in [-0.2, -0.15) is 0 Å². The summed E-state index contributed by atoms with van der Waals surface area (Å²) in [5.41, 5.74) is 1.55. The SMILES string of the molecule is Cc1ccc(Cl)cc1NC(=O)NCCNC(=O)c1ccco1. The maximum atomic E-state index is 11.8. The van der Waals surface area contributed by atoms with Crippen molar-refractivity contribution in [2.24, 2.45) is 0 Å². The minimum Gasteiger partial charge on any atom is -0.459 e. The zero-order valence-corrected chi connectivity index (χ0v) is 12.7. The van der Waals surface area contributed by atoms with Crippen LogP contribution in [0.5, 0.6) is 0 Å². The first-order chi connectivity index (χ1) is 10.6. The summed E-state index contributed by atoms with van der Waals surface area (Å²) >= 11 is 5.88. The summed E-state index contributed by atoms with van der Waals surface area (Å²) in [5.74, 6) is -0.0862. The van der Waals surface area contributed by atoms with Crippen molar-refractivity contribution in [2.75, 3.05) is 18.4 Å². The van der Waals surface area contributed by atoms with Gasteiger partial charge in [-0.1, -0.05) is 17.7 Å². The lowest BCUT2D eigenvalue weighted by Gasteiger charge is -2.10. The highest BCUT2D eigenvalue weighted by Gasteiger charge is 2.08. The van der Waals surface area contributed by atoms with Gasteiger partial charge < -0.3 is 20.4 Å². The fourth-order valence-electron chi connectivity index (χ4n) is 1.74. The van der Waals surface area contributed by atoms with E-state index in [2.05, 4.69) is 16.0 Å². The summed E-state index contributed by atoms with van der Waals surface area (Å²) in [7, 11) is 0. The van der Waals surface area contributed by atoms with Gasteiger partial charge in [-0.15, -0.1) is 0 Å². The molecular weight excluding hydrogens is 306 g/mol. The topological polar surface area (TPSA) is 83.4 Å². The lowest BCUT2D eigenvalue weighted by molar-refractivity contribution is 0.0926. The summed E-state index contributed by atoms with van der Waals surface area (Å²) in [6.07, 6.45) is 1.42. The Morgan fingerprint density at radius 2 is 1.95 bits per heavy atom. The number of nitrogens with one attached hydrogen (secondary N) is 3. The van der Waals surface area contributed by atoms with E-state index in [4.69, 9.17) is 16.0 Å². The minimum atomic E-state index is -0.363. The zero-order chi connectivity index (χ0) is 15.9. The first-order valence-corrected chi connectivity index (χ1v) is 7.07. The standard InChI is InChI=1S/C15H16ClN3O3/c1-10-4-5-11(16)9-12(10)19-15(21)18-7-6-17-14(20)13-3-2-8-22-13/h2-5,8-9H,6-7H2,1H3,(H,17,20)(H2,18,19,21). The van der Waals surface area contributed by atoms with Crippen molar-refractivity contribution in [3.63, 3.8) is 0 Å². The normalized spacial score (nSPS) is 10.1. The fraction of sp³-hybridized carbons (Fsp3) is 0.200. The Bertz CT molecular complexity index is 656. The lowest BCUT2D eigenvalue weighted by atomic mass is 10.2. The molecule has 0 saturated carbocycles. The molecule has 2 aromatic rings. The van der Waals surface area contributed by atoms with Crippen molar-refractivity contribution < 1.29 is 14.0 Å². The maximum absolute atomic E-state index is 11.8. The number of benzene rings is 1. The molecule has 1 aromatic carbocycles. The maximum Gasteiger partial charge on any atom is 0.319 e. The second kappa shape index (κ2) is 7.51. The van der Waals surface area contributed by atoms with Crippen LogP contribution >= 0.6 is 11.6 Å². The van der Waals surface area contributed by atoms with Gasteiger partial charge >= 0.3 is 6.03 Å². The van der Waals surface area contributed by atoms with E-state index < -0.39 is 0 Å². The van der Waals surface area contributed by atoms with Crippen LogP contribution in [0.2, 0.25) is 5.02 Å². The van der Waals surface area contributed by atoms with Gasteiger partial charge in [0.25, 0.3) is 5.91 Å². The summed E-state index contributed by atoms with van der Waals surface area (Å²) in [6, 6.07) is 8.09. The van der Waals surface area contributed by atoms with E-state index in [0.29, 0.717) is 17.3 Å². The van der Waals surface area contributed by atoms with Crippen LogP contribution in [0, 0.1) is 6.92 Å². The number of amides is 3. The van der Waals surface area contributed by atoms with Crippen LogP contribution in [-0.2, 0) is 0 Å². The molecule has 0 saturated heterocycles. The second-order valence-electron chi connectivity index (χ2n) is 4.57. The number of carbonyl (C=O) groups is 2. The first kappa shape index (κ1) is 15.9. The molecule has 0 radical (unpaired) electrons. The second-order valence-corrected chi connectivity index (χ2v) is 5.01. The van der Waals surface area contributed by atoms with Crippen LogP contribution in [0.1, 0.15) is 16.1 Å². The molecule has 0 bridgehead atoms. The van der Waals surface area contributed by atoms with Gasteiger partial charge in [0.15, 0.2) is 5.76 Å². The molecule has 0 aliphatic carbocycles. The van der Waals surface area contributed by atoms with Crippen molar-refractivity contribution >= 4 is 29.2 Å². The van der Waals surface area contributed by atoms with Crippen molar-refractivity contribution in [2.45, 2.75) is 6.92 Å². The zero-order valence-electron chi connectivity index (χ0n) is 12.0. The molecule has 1 aromatic heterocycles. The molecule has 22 heavy (non-hydrogen) atoms. The molecule has 1 heterocycles. The van der Waals surface area contributed by atoms with Gasteiger partial charge in [0.05, 0.1) is 6.26 Å². The van der Waals surface area contributed by atoms with Gasteiger partial charge in [0, 0.05) is 23.8 Å². The molecule has 116 valence electrons. The predicted molar refractivity (Wildman–Crippen MR) is 84.3 cm³/mol. The molecule has 2 rings (SSSR count). The number of anilines is 1. The van der Waals surface area contributed by atoms with Gasteiger partial charge in [-0.25, -0.2) is 4.79 Å². The predicted octanol–water partition coefficient (Wildman–Crippen LogP) is 2.79. The molecule has 0 aliphatic rings. The summed E-state index contributed by atoms with van der Waals surface area (Å²) in [6.45, 7) is 2.45. The van der Waals surface area contributed by atoms with Gasteiger partial charge in [0.1, 0.15) is 0 Å². The van der Waals surface area contributed by atoms with Crippen molar-refractivity contribution in [1.29, 1.82) is 0 Å². The smallest absolute Gasteiger partial charge is 0.319 e. The Kier molecular flexibility index (Phi) is 5.43. The quantitative estimate of drug-likeness (QED) is 0.740. The molecule has 3 amide bonds. The minimum absolute atomic E-state index is 0.235. The van der Waals surface area contributed by atoms with Crippen LogP contribution < -0.4 is 16.0 Å². The van der Waals surface area contributed by atoms with Crippen LogP contribution in [0.3, 0.4) is 0 Å². The number of furan rings is 1. The molecule has 0 aliphatic heterocycles. The van der Waals surface area contributed by atoms with Gasteiger partial charge in [-0.05, 0) is 36.8 Å². The monoisotopic (exact) mass is 321 g/mol. The third-order valence-corrected chi connectivity index (χ3v) is 3.12. The summed E-state index contributed by atoms with van der Waals surface area (Å²) in [4.78, 5) is 23.3. The average Bonchev–Trinajstić information content (AvgIpc) is 3.01. The number of urea groups is 1. The van der Waals surface area contributed by atoms with E-state index in [-0.39, 0.29) is 24.2 Å². The largest absolute Gasteiger partial charge is 0.459 e. The van der Waals surface area contributed by atoms with Crippen LogP contribution in [0.15, 0.2) is 41.0 Å². The fourth-order valence-corrected chi connectivity index (χ4v) is 1.91. The molecule has 3 N–H and O–H groups in total. The lowest BCUT2D eigenvalue weighted by Crippen LogP contribution is -2.36. The third kappa shape index (κ3) is 4.53. The average molecular weight is 322 g/mol. The highest BCUT2D eigenvalue weighted by Crippen LogP contribution is 2.19. The van der Waals surface area contributed by atoms with E-state index in [1.807, 2.05) is 13.0 Å². The van der Waals surface area contributed by atoms with E-state index in [0.717, 1.165) is 5.56 Å². The van der Waals surface area contributed by atoms with E-state index in [1.165, 1.54) is 6.26 Å². The van der Waals surface area contributed by atoms with Gasteiger partial charge in [-0.3, -0.25) is 4.79 Å². The van der Waals surface area contributed by atoms with E-state index in [9.17, 15) is 9.59 Å². The number of rotatable bonds is 5. The molecule has 0 spiro atoms. The summed E-state index contributed by atoms with van der Waals surface area (Å²) < 4.78 is 4.95. The summed E-state index contributed by atoms with van der Waals surface area (Å²) in [5, 5.41) is 8.52. The number of halogens is 1. The highest BCUT2D eigenvalue weighted by atomic mass is 35.5. The molecular formula is C15H16ClN3O3. The molecule has 6 nitrogen and oxygen atoms in total. The van der Waals surface area contributed by atoms with E-state index in [1.54, 1.807) is 24.3 Å². The van der Waals surface area contributed by atoms with Crippen molar-refractivity contribution in [3.05, 3.63) is 52.9 Å². The number of hydrogen-bond donors (Lipinski definition) is 3. The Morgan fingerprint density at radius 1 is 1.18 bits per heavy atom. The molecule has 0 fully saturated rings.